The first-order valence-electron chi connectivity index (χ1n) is 7.15. The normalized spacial score (nSPS) is 10.4. The third kappa shape index (κ3) is 2.89. The van der Waals surface area contributed by atoms with Crippen LogP contribution in [0.25, 0.3) is 16.9 Å². The monoisotopic (exact) mass is 322 g/mol. The maximum absolute atomic E-state index is 11.5. The molecule has 2 aromatic carbocycles. The van der Waals surface area contributed by atoms with E-state index in [2.05, 4.69) is 9.84 Å². The highest BCUT2D eigenvalue weighted by Crippen LogP contribution is 2.24. The van der Waals surface area contributed by atoms with Crippen molar-refractivity contribution in [2.45, 2.75) is 0 Å². The van der Waals surface area contributed by atoms with Gasteiger partial charge < -0.3 is 9.84 Å². The molecule has 0 unspecified atom stereocenters. The van der Waals surface area contributed by atoms with Crippen LogP contribution in [0.15, 0.2) is 54.7 Å². The Kier molecular flexibility index (Phi) is 4.11. The molecule has 1 N–H and O–H groups in total. The standard InChI is InChI=1S/C18H14N2O4/c1-24-18(23)13-2-6-15(7-3-13)20-10-14(11-21)17(19-20)12-4-8-16(22)9-5-12/h2-11,22H,1H3. The second kappa shape index (κ2) is 6.37. The van der Waals surface area contributed by atoms with Crippen molar-refractivity contribution in [1.82, 2.24) is 9.78 Å². The number of benzene rings is 2. The minimum atomic E-state index is -0.416. The molecule has 6 heteroatoms. The molecule has 0 saturated carbocycles. The largest absolute Gasteiger partial charge is 0.508 e. The lowest BCUT2D eigenvalue weighted by atomic mass is 10.1. The van der Waals surface area contributed by atoms with Crippen LogP contribution in [-0.4, -0.2) is 34.3 Å². The zero-order chi connectivity index (χ0) is 17.1. The molecule has 1 heterocycles. The van der Waals surface area contributed by atoms with E-state index < -0.39 is 5.97 Å². The Balaban J connectivity index is 1.99. The van der Waals surface area contributed by atoms with Gasteiger partial charge in [0.15, 0.2) is 6.29 Å². The van der Waals surface area contributed by atoms with Crippen LogP contribution in [0.1, 0.15) is 20.7 Å². The van der Waals surface area contributed by atoms with Gasteiger partial charge in [0.25, 0.3) is 0 Å². The second-order valence-electron chi connectivity index (χ2n) is 5.08. The number of aldehydes is 1. The number of ether oxygens (including phenoxy) is 1. The molecule has 0 aliphatic rings. The minimum Gasteiger partial charge on any atom is -0.508 e. The Morgan fingerprint density at radius 1 is 1.12 bits per heavy atom. The number of esters is 1. The summed E-state index contributed by atoms with van der Waals surface area (Å²) in [6.07, 6.45) is 2.34. The van der Waals surface area contributed by atoms with Crippen molar-refractivity contribution < 1.29 is 19.4 Å². The van der Waals surface area contributed by atoms with E-state index in [1.165, 1.54) is 19.2 Å². The molecule has 24 heavy (non-hydrogen) atoms. The highest BCUT2D eigenvalue weighted by Gasteiger charge is 2.12. The molecule has 6 nitrogen and oxygen atoms in total. The van der Waals surface area contributed by atoms with Gasteiger partial charge in [0, 0.05) is 11.8 Å². The molecule has 3 rings (SSSR count). The van der Waals surface area contributed by atoms with Crippen LogP contribution < -0.4 is 0 Å². The fourth-order valence-electron chi connectivity index (χ4n) is 2.32. The van der Waals surface area contributed by atoms with Crippen molar-refractivity contribution in [1.29, 1.82) is 0 Å². The van der Waals surface area contributed by atoms with Crippen LogP contribution in [-0.2, 0) is 4.74 Å². The van der Waals surface area contributed by atoms with Crippen molar-refractivity contribution in [2.75, 3.05) is 7.11 Å². The van der Waals surface area contributed by atoms with Gasteiger partial charge in [-0.15, -0.1) is 0 Å². The predicted molar refractivity (Wildman–Crippen MR) is 87.4 cm³/mol. The number of phenols is 1. The summed E-state index contributed by atoms with van der Waals surface area (Å²) in [7, 11) is 1.32. The molecule has 0 saturated heterocycles. The van der Waals surface area contributed by atoms with E-state index in [1.54, 1.807) is 47.3 Å². The fourth-order valence-corrected chi connectivity index (χ4v) is 2.32. The van der Waals surface area contributed by atoms with Gasteiger partial charge in [-0.25, -0.2) is 9.48 Å². The van der Waals surface area contributed by atoms with Gasteiger partial charge in [0.1, 0.15) is 11.4 Å². The van der Waals surface area contributed by atoms with Crippen molar-refractivity contribution in [3.63, 3.8) is 0 Å². The van der Waals surface area contributed by atoms with Gasteiger partial charge in [-0.1, -0.05) is 0 Å². The average Bonchev–Trinajstić information content (AvgIpc) is 3.06. The first-order chi connectivity index (χ1) is 11.6. The van der Waals surface area contributed by atoms with Gasteiger partial charge >= 0.3 is 5.97 Å². The van der Waals surface area contributed by atoms with Crippen LogP contribution in [0.3, 0.4) is 0 Å². The summed E-state index contributed by atoms with van der Waals surface area (Å²) >= 11 is 0. The molecule has 0 radical (unpaired) electrons. The summed E-state index contributed by atoms with van der Waals surface area (Å²) in [5.74, 6) is -0.274. The molecule has 3 aromatic rings. The van der Waals surface area contributed by atoms with Gasteiger partial charge in [-0.3, -0.25) is 4.79 Å². The van der Waals surface area contributed by atoms with E-state index in [4.69, 9.17) is 0 Å². The van der Waals surface area contributed by atoms with Crippen LogP contribution in [0.4, 0.5) is 0 Å². The SMILES string of the molecule is COC(=O)c1ccc(-n2cc(C=O)c(-c3ccc(O)cc3)n2)cc1. The lowest BCUT2D eigenvalue weighted by molar-refractivity contribution is 0.0600. The number of rotatable bonds is 4. The Morgan fingerprint density at radius 3 is 2.38 bits per heavy atom. The summed E-state index contributed by atoms with van der Waals surface area (Å²) in [6.45, 7) is 0. The summed E-state index contributed by atoms with van der Waals surface area (Å²) in [5.41, 5.74) is 2.80. The molecular formula is C18H14N2O4. The van der Waals surface area contributed by atoms with E-state index in [9.17, 15) is 14.7 Å². The summed E-state index contributed by atoms with van der Waals surface area (Å²) < 4.78 is 6.22. The molecule has 120 valence electrons. The van der Waals surface area contributed by atoms with Gasteiger partial charge in [0.05, 0.1) is 23.9 Å². The molecule has 1 aromatic heterocycles. The molecule has 0 bridgehead atoms. The lowest BCUT2D eigenvalue weighted by Crippen LogP contribution is -2.02. The zero-order valence-electron chi connectivity index (χ0n) is 12.8. The number of nitrogens with zero attached hydrogens (tertiary/aromatic N) is 2. The van der Waals surface area contributed by atoms with Crippen LogP contribution >= 0.6 is 0 Å². The summed E-state index contributed by atoms with van der Waals surface area (Å²) in [6, 6.07) is 13.1. The van der Waals surface area contributed by atoms with E-state index in [0.29, 0.717) is 22.5 Å². The van der Waals surface area contributed by atoms with Gasteiger partial charge in [-0.2, -0.15) is 5.10 Å². The van der Waals surface area contributed by atoms with Gasteiger partial charge in [-0.05, 0) is 48.5 Å². The van der Waals surface area contributed by atoms with Crippen molar-refractivity contribution >= 4 is 12.3 Å². The predicted octanol–water partition coefficient (Wildman–Crippen LogP) is 2.84. The quantitative estimate of drug-likeness (QED) is 0.590. The third-order valence-electron chi connectivity index (χ3n) is 3.56. The Hall–Kier alpha value is -3.41. The number of aromatic hydroxyl groups is 1. The Labute approximate surface area is 137 Å². The van der Waals surface area contributed by atoms with Crippen molar-refractivity contribution in [3.05, 3.63) is 65.9 Å². The molecule has 0 atom stereocenters. The van der Waals surface area contributed by atoms with Gasteiger partial charge in [0.2, 0.25) is 0 Å². The molecule has 0 aliphatic heterocycles. The van der Waals surface area contributed by atoms with Crippen LogP contribution in [0, 0.1) is 0 Å². The first kappa shape index (κ1) is 15.5. The number of carbonyl (C=O) groups is 2. The van der Waals surface area contributed by atoms with Crippen molar-refractivity contribution in [3.8, 4) is 22.7 Å². The number of phenolic OH excluding ortho intramolecular Hbond substituents is 1. The van der Waals surface area contributed by atoms with E-state index in [-0.39, 0.29) is 5.75 Å². The number of carbonyl (C=O) groups excluding carboxylic acids is 2. The highest BCUT2D eigenvalue weighted by atomic mass is 16.5. The Morgan fingerprint density at radius 2 is 1.79 bits per heavy atom. The molecule has 0 fully saturated rings. The van der Waals surface area contributed by atoms with Crippen LogP contribution in [0.5, 0.6) is 5.75 Å². The number of hydrogen-bond acceptors (Lipinski definition) is 5. The lowest BCUT2D eigenvalue weighted by Gasteiger charge is -2.03. The average molecular weight is 322 g/mol. The first-order valence-corrected chi connectivity index (χ1v) is 7.15. The highest BCUT2D eigenvalue weighted by molar-refractivity contribution is 5.89. The maximum atomic E-state index is 11.5. The molecular weight excluding hydrogens is 308 g/mol. The molecule has 0 spiro atoms. The number of aromatic nitrogens is 2. The zero-order valence-corrected chi connectivity index (χ0v) is 12.8. The Bertz CT molecular complexity index is 880. The van der Waals surface area contributed by atoms with E-state index >= 15 is 0 Å². The van der Waals surface area contributed by atoms with E-state index in [0.717, 1.165) is 11.8 Å². The minimum absolute atomic E-state index is 0.143. The molecule has 0 aliphatic carbocycles. The maximum Gasteiger partial charge on any atom is 0.337 e. The van der Waals surface area contributed by atoms with Crippen LogP contribution in [0.2, 0.25) is 0 Å². The van der Waals surface area contributed by atoms with E-state index in [1.807, 2.05) is 0 Å². The topological polar surface area (TPSA) is 81.4 Å². The summed E-state index contributed by atoms with van der Waals surface area (Å²) in [5, 5.41) is 13.8. The molecule has 0 amide bonds. The second-order valence-corrected chi connectivity index (χ2v) is 5.08. The summed E-state index contributed by atoms with van der Waals surface area (Å²) in [4.78, 5) is 22.8. The fraction of sp³-hybridized carbons (Fsp3) is 0.0556. The third-order valence-corrected chi connectivity index (χ3v) is 3.56. The number of methoxy groups -OCH3 is 1. The van der Waals surface area contributed by atoms with Crippen molar-refractivity contribution in [2.24, 2.45) is 0 Å². The smallest absolute Gasteiger partial charge is 0.337 e. The number of hydrogen-bond donors (Lipinski definition) is 1.